The number of hydrogen-bond donors (Lipinski definition) is 4. The molecule has 0 saturated heterocycles. The predicted molar refractivity (Wildman–Crippen MR) is 358 cm³/mol. The summed E-state index contributed by atoms with van der Waals surface area (Å²) in [6.07, 6.45) is 18.6. The van der Waals surface area contributed by atoms with Crippen LogP contribution in [0.5, 0.6) is 0 Å². The third-order valence-corrected chi connectivity index (χ3v) is 16.7. The van der Waals surface area contributed by atoms with E-state index in [4.69, 9.17) is 19.9 Å². The largest absolute Gasteiger partial charge is 0.355 e. The molecule has 8 nitrogen and oxygen atoms in total. The van der Waals surface area contributed by atoms with Gasteiger partial charge < -0.3 is 19.9 Å². The number of nitrogens with zero attached hydrogens (tertiary/aromatic N) is 4. The van der Waals surface area contributed by atoms with Gasteiger partial charge in [-0.25, -0.2) is 19.9 Å². The lowest BCUT2D eigenvalue weighted by Crippen LogP contribution is -1.99. The fourth-order valence-electron chi connectivity index (χ4n) is 12.8. The van der Waals surface area contributed by atoms with Crippen molar-refractivity contribution in [1.82, 2.24) is 39.9 Å². The van der Waals surface area contributed by atoms with Crippen molar-refractivity contribution in [3.63, 3.8) is 0 Å². The molecule has 4 N–H and O–H groups in total. The van der Waals surface area contributed by atoms with Gasteiger partial charge in [0.15, 0.2) is 0 Å². The Hall–Kier alpha value is -11.5. The minimum Gasteiger partial charge on any atom is -0.355 e. The van der Waals surface area contributed by atoms with Gasteiger partial charge >= 0.3 is 0 Å². The highest BCUT2D eigenvalue weighted by Crippen LogP contribution is 2.40. The normalized spacial score (nSPS) is 12.3. The molecule has 8 heteroatoms. The van der Waals surface area contributed by atoms with Crippen molar-refractivity contribution in [3.8, 4) is 66.8 Å². The third-order valence-electron chi connectivity index (χ3n) is 16.7. The highest BCUT2D eigenvalue weighted by molar-refractivity contribution is 6.00. The van der Waals surface area contributed by atoms with E-state index >= 15 is 0 Å². The molecule has 0 unspecified atom stereocenters. The Balaban J connectivity index is 0.964. The van der Waals surface area contributed by atoms with Crippen LogP contribution in [0.1, 0.15) is 56.7 Å². The van der Waals surface area contributed by atoms with E-state index in [-0.39, 0.29) is 0 Å². The second-order valence-corrected chi connectivity index (χ2v) is 21.9. The molecule has 0 amide bonds. The van der Waals surface area contributed by atoms with E-state index in [9.17, 15) is 0 Å². The average Bonchev–Trinajstić information content (AvgIpc) is 2.67. The number of fused-ring (bicyclic) bond motifs is 16. The number of aromatic nitrogens is 8. The van der Waals surface area contributed by atoms with Crippen molar-refractivity contribution >= 4 is 92.7 Å². The van der Waals surface area contributed by atoms with Crippen molar-refractivity contribution in [3.05, 3.63) is 287 Å². The standard InChI is InChI=1S/C78H54N8/c1-7-19-49(20-8-1)73-61-37-33-57(79-61)55(58-34-38-62(80-58)74(50-21-9-2-10-22-50)66-42-46-70(84-66)77(53-27-15-5-16-28-53)69-45-41-65(73)83-69)31-32-56-59-35-39-63(81-59)75(51-23-11-3-12-24-51)67-43-47-71(85-67)78(54-29-17-6-18-30-54)72-48-44-68(86-72)76(52-25-13-4-14-26-52)64-40-36-60(56)82-64/h1-30,33-48,79,81,84,86H,31-32H2. The third kappa shape index (κ3) is 9.13. The van der Waals surface area contributed by atoms with Crippen molar-refractivity contribution in [2.45, 2.75) is 12.8 Å². The maximum Gasteiger partial charge on any atom is 0.0737 e. The maximum atomic E-state index is 5.66. The van der Waals surface area contributed by atoms with Crippen LogP contribution in [0.3, 0.4) is 0 Å². The molecular weight excluding hydrogens is 1050 g/mol. The van der Waals surface area contributed by atoms with E-state index in [0.717, 1.165) is 168 Å². The van der Waals surface area contributed by atoms with Gasteiger partial charge in [-0.15, -0.1) is 0 Å². The van der Waals surface area contributed by atoms with Gasteiger partial charge in [0.25, 0.3) is 0 Å². The molecule has 0 radical (unpaired) electrons. The highest BCUT2D eigenvalue weighted by Gasteiger charge is 2.22. The minimum atomic E-state index is 0.612. The summed E-state index contributed by atoms with van der Waals surface area (Å²) in [5.41, 5.74) is 29.3. The second kappa shape index (κ2) is 21.4. The van der Waals surface area contributed by atoms with Gasteiger partial charge in [-0.3, -0.25) is 0 Å². The Labute approximate surface area is 496 Å². The number of nitrogens with one attached hydrogen (secondary N) is 4. The first-order valence-corrected chi connectivity index (χ1v) is 29.2. The van der Waals surface area contributed by atoms with Crippen molar-refractivity contribution in [1.29, 1.82) is 0 Å². The van der Waals surface area contributed by atoms with Crippen LogP contribution in [0.4, 0.5) is 0 Å². The maximum absolute atomic E-state index is 5.66. The Morgan fingerprint density at radius 2 is 0.360 bits per heavy atom. The first kappa shape index (κ1) is 50.3. The molecule has 10 heterocycles. The lowest BCUT2D eigenvalue weighted by molar-refractivity contribution is 0.952. The summed E-state index contributed by atoms with van der Waals surface area (Å²) >= 11 is 0. The van der Waals surface area contributed by atoms with Gasteiger partial charge in [0.1, 0.15) is 0 Å². The van der Waals surface area contributed by atoms with E-state index in [1.54, 1.807) is 0 Å². The first-order valence-electron chi connectivity index (χ1n) is 29.2. The Morgan fingerprint density at radius 3 is 0.581 bits per heavy atom. The molecule has 6 aromatic heterocycles. The SMILES string of the molecule is C1=Cc2nc1c(CCc1c3nc(c(-c4ccccc4)c4ccc([nH]4)c(-c4ccccc4)c4nc(c(-c5ccccc5)c5ccc1[nH]5)C=C4)C=C3)c1ccc([nH]1)c(-c1ccccc1)c1nc(c(-c3ccccc3)c3ccc([nH]3)c2-c2ccccc2)C=C1. The van der Waals surface area contributed by atoms with Crippen LogP contribution in [0.25, 0.3) is 160 Å². The number of H-pyrrole nitrogens is 4. The number of aryl methyl sites for hydroxylation is 2. The fraction of sp³-hybridized carbons (Fsp3) is 0.0256. The predicted octanol–water partition coefficient (Wildman–Crippen LogP) is 19.4. The summed E-state index contributed by atoms with van der Waals surface area (Å²) in [4.78, 5) is 38.1. The van der Waals surface area contributed by atoms with Crippen LogP contribution in [0.2, 0.25) is 0 Å². The van der Waals surface area contributed by atoms with Crippen molar-refractivity contribution in [2.24, 2.45) is 0 Å². The number of aromatic amines is 4. The Kier molecular flexibility index (Phi) is 12.5. The Bertz CT molecular complexity index is 4720. The second-order valence-electron chi connectivity index (χ2n) is 21.9. The van der Waals surface area contributed by atoms with Crippen LogP contribution in [0, 0.1) is 0 Å². The lowest BCUT2D eigenvalue weighted by Gasteiger charge is -2.08. The average molecular weight is 1100 g/mol. The number of rotatable bonds is 9. The summed E-state index contributed by atoms with van der Waals surface area (Å²) < 4.78 is 0. The monoisotopic (exact) mass is 1100 g/mol. The van der Waals surface area contributed by atoms with Gasteiger partial charge in [-0.05, 0) is 143 Å². The van der Waals surface area contributed by atoms with E-state index < -0.39 is 0 Å². The van der Waals surface area contributed by atoms with Crippen LogP contribution >= 0.6 is 0 Å². The Morgan fingerprint density at radius 1 is 0.186 bits per heavy atom. The van der Waals surface area contributed by atoms with E-state index in [0.29, 0.717) is 12.8 Å². The van der Waals surface area contributed by atoms with E-state index in [1.807, 2.05) is 0 Å². The van der Waals surface area contributed by atoms with Crippen molar-refractivity contribution in [2.75, 3.05) is 0 Å². The molecule has 16 rings (SSSR count). The smallest absolute Gasteiger partial charge is 0.0737 e. The molecule has 6 aromatic carbocycles. The zero-order chi connectivity index (χ0) is 56.9. The minimum absolute atomic E-state index is 0.612. The highest BCUT2D eigenvalue weighted by atomic mass is 14.8. The molecule has 4 aliphatic heterocycles. The van der Waals surface area contributed by atoms with Gasteiger partial charge in [0, 0.05) is 88.6 Å². The molecule has 406 valence electrons. The quantitative estimate of drug-likeness (QED) is 0.115. The summed E-state index contributed by atoms with van der Waals surface area (Å²) in [5.74, 6) is 0. The summed E-state index contributed by atoms with van der Waals surface area (Å²) in [6, 6.07) is 81.0. The number of benzene rings is 6. The van der Waals surface area contributed by atoms with Gasteiger partial charge in [-0.1, -0.05) is 182 Å². The van der Waals surface area contributed by atoms with Crippen LogP contribution in [-0.2, 0) is 12.8 Å². The molecule has 0 aliphatic carbocycles. The van der Waals surface area contributed by atoms with Gasteiger partial charge in [-0.2, -0.15) is 0 Å². The molecule has 0 saturated carbocycles. The van der Waals surface area contributed by atoms with Crippen LogP contribution < -0.4 is 0 Å². The van der Waals surface area contributed by atoms with Crippen LogP contribution in [0.15, 0.2) is 231 Å². The molecular formula is C78H54N8. The fourth-order valence-corrected chi connectivity index (χ4v) is 12.8. The molecule has 0 spiro atoms. The van der Waals surface area contributed by atoms with Gasteiger partial charge in [0.2, 0.25) is 0 Å². The lowest BCUT2D eigenvalue weighted by atomic mass is 10.0. The molecule has 16 bridgehead atoms. The van der Waals surface area contributed by atoms with Crippen LogP contribution in [-0.4, -0.2) is 39.9 Å². The molecule has 4 aliphatic rings. The summed E-state index contributed by atoms with van der Waals surface area (Å²) in [6.45, 7) is 0. The van der Waals surface area contributed by atoms with Crippen molar-refractivity contribution < 1.29 is 0 Å². The zero-order valence-electron chi connectivity index (χ0n) is 46.8. The molecule has 86 heavy (non-hydrogen) atoms. The topological polar surface area (TPSA) is 115 Å². The molecule has 0 fully saturated rings. The summed E-state index contributed by atoms with van der Waals surface area (Å²) in [5, 5.41) is 0. The number of hydrogen-bond acceptors (Lipinski definition) is 4. The van der Waals surface area contributed by atoms with Gasteiger partial charge in [0.05, 0.1) is 45.6 Å². The first-order chi connectivity index (χ1) is 42.6. The molecule has 12 aromatic rings. The summed E-state index contributed by atoms with van der Waals surface area (Å²) in [7, 11) is 0. The van der Waals surface area contributed by atoms with E-state index in [2.05, 4.69) is 299 Å². The zero-order valence-corrected chi connectivity index (χ0v) is 46.8. The molecule has 0 atom stereocenters. The van der Waals surface area contributed by atoms with E-state index in [1.165, 1.54) is 0 Å².